The average molecular weight is 412 g/mol. The first-order chi connectivity index (χ1) is 14.1. The molecule has 0 spiro atoms. The smallest absolute Gasteiger partial charge is 0.331 e. The van der Waals surface area contributed by atoms with E-state index >= 15 is 0 Å². The second-order valence-corrected chi connectivity index (χ2v) is 7.18. The van der Waals surface area contributed by atoms with Crippen molar-refractivity contribution in [2.45, 2.75) is 23.1 Å². The number of ether oxygens (including phenoxy) is 1. The quantitative estimate of drug-likeness (QED) is 0.317. The highest BCUT2D eigenvalue weighted by Crippen LogP contribution is 2.29. The molecule has 0 aliphatic carbocycles. The Morgan fingerprint density at radius 1 is 1.03 bits per heavy atom. The summed E-state index contributed by atoms with van der Waals surface area (Å²) in [4.78, 5) is 40.8. The number of aliphatic hydroxyl groups excluding tert-OH is 1. The van der Waals surface area contributed by atoms with Crippen molar-refractivity contribution in [3.63, 3.8) is 0 Å². The van der Waals surface area contributed by atoms with E-state index < -0.39 is 11.2 Å². The number of carbonyl (C=O) groups excluding carboxylic acids is 1. The number of aromatic amines is 1. The molecular weight excluding hydrogens is 392 g/mol. The maximum Gasteiger partial charge on any atom is 0.331 e. The summed E-state index contributed by atoms with van der Waals surface area (Å²) < 4.78 is 6.57. The summed E-state index contributed by atoms with van der Waals surface area (Å²) in [5, 5.41) is 9.28. The molecule has 0 saturated heterocycles. The van der Waals surface area contributed by atoms with Gasteiger partial charge in [0.2, 0.25) is 0 Å². The average Bonchev–Trinajstić information content (AvgIpc) is 2.74. The molecule has 0 unspecified atom stereocenters. The summed E-state index contributed by atoms with van der Waals surface area (Å²) in [6.07, 6.45) is -0.158. The summed E-state index contributed by atoms with van der Waals surface area (Å²) in [6, 6.07) is 17.9. The standard InChI is InChI=1S/C21H20N2O5S/c24-11-12-28-14-23-20(29-16-9-5-2-6-10-16)17(19(26)22-21(23)27)13-18(25)15-7-3-1-4-8-15/h1-10,24H,11-14H2,(H,22,26,27). The molecule has 2 N–H and O–H groups in total. The Kier molecular flexibility index (Phi) is 7.18. The van der Waals surface area contributed by atoms with Crippen molar-refractivity contribution in [3.8, 4) is 0 Å². The number of Topliss-reactive ketones (excluding diaryl/α,β-unsaturated/α-hetero) is 1. The van der Waals surface area contributed by atoms with Crippen LogP contribution in [0.25, 0.3) is 0 Å². The highest BCUT2D eigenvalue weighted by atomic mass is 32.2. The first-order valence-electron chi connectivity index (χ1n) is 8.96. The van der Waals surface area contributed by atoms with Crippen molar-refractivity contribution < 1.29 is 14.6 Å². The molecule has 3 rings (SSSR count). The summed E-state index contributed by atoms with van der Waals surface area (Å²) in [5.74, 6) is -0.229. The van der Waals surface area contributed by atoms with Crippen molar-refractivity contribution in [1.82, 2.24) is 9.55 Å². The molecule has 7 nitrogen and oxygen atoms in total. The fraction of sp³-hybridized carbons (Fsp3) is 0.190. The SMILES string of the molecule is O=C(Cc1c(Sc2ccccc2)n(COCCO)c(=O)[nH]c1=O)c1ccccc1. The summed E-state index contributed by atoms with van der Waals surface area (Å²) in [7, 11) is 0. The predicted molar refractivity (Wildman–Crippen MR) is 109 cm³/mol. The lowest BCUT2D eigenvalue weighted by molar-refractivity contribution is 0.0410. The van der Waals surface area contributed by atoms with Gasteiger partial charge in [-0.05, 0) is 12.1 Å². The minimum Gasteiger partial charge on any atom is -0.394 e. The molecule has 0 amide bonds. The van der Waals surface area contributed by atoms with Gasteiger partial charge in [-0.25, -0.2) is 4.79 Å². The Bertz CT molecular complexity index is 1080. The van der Waals surface area contributed by atoms with Gasteiger partial charge in [0.1, 0.15) is 6.73 Å². The minimum absolute atomic E-state index is 0.0410. The largest absolute Gasteiger partial charge is 0.394 e. The van der Waals surface area contributed by atoms with E-state index in [2.05, 4.69) is 4.98 Å². The van der Waals surface area contributed by atoms with E-state index in [0.717, 1.165) is 4.90 Å². The molecule has 0 atom stereocenters. The van der Waals surface area contributed by atoms with Crippen molar-refractivity contribution in [3.05, 3.63) is 92.6 Å². The zero-order valence-corrected chi connectivity index (χ0v) is 16.4. The zero-order valence-electron chi connectivity index (χ0n) is 15.5. The lowest BCUT2D eigenvalue weighted by Gasteiger charge is -2.15. The molecule has 0 fully saturated rings. The molecule has 0 saturated carbocycles. The van der Waals surface area contributed by atoms with E-state index in [0.29, 0.717) is 10.6 Å². The van der Waals surface area contributed by atoms with Gasteiger partial charge in [-0.15, -0.1) is 0 Å². The molecule has 1 aromatic heterocycles. The van der Waals surface area contributed by atoms with Crippen molar-refractivity contribution in [2.24, 2.45) is 0 Å². The van der Waals surface area contributed by atoms with Crippen molar-refractivity contribution in [2.75, 3.05) is 13.2 Å². The van der Waals surface area contributed by atoms with Gasteiger partial charge in [-0.3, -0.25) is 19.1 Å². The summed E-state index contributed by atoms with van der Waals surface area (Å²) in [5.41, 5.74) is -0.560. The predicted octanol–water partition coefficient (Wildman–Crippen LogP) is 2.08. The number of benzene rings is 2. The van der Waals surface area contributed by atoms with Crippen LogP contribution in [-0.2, 0) is 17.9 Å². The van der Waals surface area contributed by atoms with E-state index in [1.54, 1.807) is 30.3 Å². The summed E-state index contributed by atoms with van der Waals surface area (Å²) >= 11 is 1.21. The number of hydrogen-bond acceptors (Lipinski definition) is 6. The third-order valence-corrected chi connectivity index (χ3v) is 5.26. The van der Waals surface area contributed by atoms with Crippen molar-refractivity contribution >= 4 is 17.5 Å². The fourth-order valence-electron chi connectivity index (χ4n) is 2.69. The number of carbonyl (C=O) groups is 1. The molecule has 2 aromatic carbocycles. The monoisotopic (exact) mass is 412 g/mol. The van der Waals surface area contributed by atoms with Gasteiger partial charge < -0.3 is 9.84 Å². The fourth-order valence-corrected chi connectivity index (χ4v) is 3.74. The third-order valence-electron chi connectivity index (χ3n) is 4.09. The number of rotatable bonds is 9. The van der Waals surface area contributed by atoms with E-state index in [1.807, 2.05) is 30.3 Å². The molecule has 3 aromatic rings. The van der Waals surface area contributed by atoms with Gasteiger partial charge in [-0.1, -0.05) is 60.3 Å². The number of aromatic nitrogens is 2. The molecule has 0 aliphatic heterocycles. The van der Waals surface area contributed by atoms with Crippen LogP contribution in [0.4, 0.5) is 0 Å². The number of aliphatic hydroxyl groups is 1. The highest BCUT2D eigenvalue weighted by Gasteiger charge is 2.20. The Hall–Kier alpha value is -2.94. The topological polar surface area (TPSA) is 101 Å². The zero-order chi connectivity index (χ0) is 20.6. The molecule has 150 valence electrons. The number of nitrogens with zero attached hydrogens (tertiary/aromatic N) is 1. The van der Waals surface area contributed by atoms with Gasteiger partial charge >= 0.3 is 5.69 Å². The molecule has 0 radical (unpaired) electrons. The van der Waals surface area contributed by atoms with Gasteiger partial charge in [0.05, 0.1) is 23.8 Å². The number of ketones is 1. The van der Waals surface area contributed by atoms with Crippen LogP contribution < -0.4 is 11.2 Å². The van der Waals surface area contributed by atoms with Crippen LogP contribution in [0.15, 0.2) is 80.2 Å². The molecular formula is C21H20N2O5S. The number of hydrogen-bond donors (Lipinski definition) is 2. The van der Waals surface area contributed by atoms with Crippen LogP contribution in [-0.4, -0.2) is 33.7 Å². The van der Waals surface area contributed by atoms with Gasteiger partial charge in [0.25, 0.3) is 5.56 Å². The van der Waals surface area contributed by atoms with Gasteiger partial charge in [0.15, 0.2) is 5.78 Å². The first-order valence-corrected chi connectivity index (χ1v) is 9.77. The molecule has 29 heavy (non-hydrogen) atoms. The van der Waals surface area contributed by atoms with Crippen LogP contribution in [0.2, 0.25) is 0 Å². The minimum atomic E-state index is -0.637. The number of H-pyrrole nitrogens is 1. The van der Waals surface area contributed by atoms with Crippen LogP contribution in [0.1, 0.15) is 15.9 Å². The second kappa shape index (κ2) is 10.0. The molecule has 0 aliphatic rings. The van der Waals surface area contributed by atoms with E-state index in [9.17, 15) is 14.4 Å². The third kappa shape index (κ3) is 5.32. The number of nitrogens with one attached hydrogen (secondary N) is 1. The van der Waals surface area contributed by atoms with E-state index in [4.69, 9.17) is 9.84 Å². The Morgan fingerprint density at radius 3 is 2.34 bits per heavy atom. The first kappa shape index (κ1) is 20.8. The van der Waals surface area contributed by atoms with E-state index in [-0.39, 0.29) is 37.7 Å². The van der Waals surface area contributed by atoms with E-state index in [1.165, 1.54) is 16.3 Å². The van der Waals surface area contributed by atoms with Gasteiger partial charge in [-0.2, -0.15) is 0 Å². The maximum atomic E-state index is 12.7. The van der Waals surface area contributed by atoms with Gasteiger partial charge in [0, 0.05) is 16.9 Å². The molecule has 0 bridgehead atoms. The van der Waals surface area contributed by atoms with Crippen LogP contribution in [0, 0.1) is 0 Å². The van der Waals surface area contributed by atoms with Crippen molar-refractivity contribution in [1.29, 1.82) is 0 Å². The maximum absolute atomic E-state index is 12.7. The lowest BCUT2D eigenvalue weighted by atomic mass is 10.1. The Balaban J connectivity index is 2.05. The lowest BCUT2D eigenvalue weighted by Crippen LogP contribution is -2.35. The summed E-state index contributed by atoms with van der Waals surface area (Å²) in [6.45, 7) is -0.310. The Morgan fingerprint density at radius 2 is 1.69 bits per heavy atom. The van der Waals surface area contributed by atoms with Crippen LogP contribution >= 0.6 is 11.8 Å². The normalized spacial score (nSPS) is 10.8. The van der Waals surface area contributed by atoms with Crippen LogP contribution in [0.3, 0.4) is 0 Å². The van der Waals surface area contributed by atoms with Crippen LogP contribution in [0.5, 0.6) is 0 Å². The Labute approximate surface area is 171 Å². The second-order valence-electron chi connectivity index (χ2n) is 6.11. The highest BCUT2D eigenvalue weighted by molar-refractivity contribution is 7.99. The molecule has 8 heteroatoms. The molecule has 1 heterocycles.